The van der Waals surface area contributed by atoms with Gasteiger partial charge in [0.15, 0.2) is 0 Å². The van der Waals surface area contributed by atoms with Crippen LogP contribution in [0, 0.1) is 0 Å². The maximum absolute atomic E-state index is 12.0. The number of hydrogen-bond donors (Lipinski definition) is 3. The van der Waals surface area contributed by atoms with Crippen molar-refractivity contribution in [3.05, 3.63) is 35.4 Å². The second-order valence-corrected chi connectivity index (χ2v) is 4.20. The van der Waals surface area contributed by atoms with Gasteiger partial charge in [0.05, 0.1) is 18.8 Å². The van der Waals surface area contributed by atoms with Gasteiger partial charge in [-0.2, -0.15) is 0 Å². The number of aliphatic hydroxyl groups excluding tert-OH is 3. The molecule has 2 rings (SSSR count). The zero-order valence-corrected chi connectivity index (χ0v) is 9.28. The molecule has 17 heavy (non-hydrogen) atoms. The average molecular weight is 237 g/mol. The molecule has 1 fully saturated rings. The lowest BCUT2D eigenvalue weighted by molar-refractivity contribution is 0.0572. The summed E-state index contributed by atoms with van der Waals surface area (Å²) in [7, 11) is 0. The summed E-state index contributed by atoms with van der Waals surface area (Å²) in [4.78, 5) is 13.4. The van der Waals surface area contributed by atoms with Gasteiger partial charge in [-0.1, -0.05) is 12.1 Å². The molecule has 0 saturated carbocycles. The highest BCUT2D eigenvalue weighted by Gasteiger charge is 2.32. The fourth-order valence-electron chi connectivity index (χ4n) is 1.87. The number of nitrogens with zero attached hydrogens (tertiary/aromatic N) is 1. The lowest BCUT2D eigenvalue weighted by Crippen LogP contribution is -2.29. The monoisotopic (exact) mass is 237 g/mol. The number of rotatable bonds is 2. The Labute approximate surface area is 98.9 Å². The maximum Gasteiger partial charge on any atom is 0.254 e. The predicted octanol–water partition coefficient (Wildman–Crippen LogP) is -0.643. The SMILES string of the molecule is O=C(c1ccc(CO)cc1)N1CC(O)C(O)C1. The first-order valence-corrected chi connectivity index (χ1v) is 5.47. The van der Waals surface area contributed by atoms with Gasteiger partial charge in [0.25, 0.3) is 5.91 Å². The molecular formula is C12H15NO4. The Morgan fingerprint density at radius 3 is 2.18 bits per heavy atom. The van der Waals surface area contributed by atoms with Crippen molar-refractivity contribution in [2.75, 3.05) is 13.1 Å². The van der Waals surface area contributed by atoms with E-state index in [1.165, 1.54) is 4.90 Å². The highest BCUT2D eigenvalue weighted by Crippen LogP contribution is 2.14. The smallest absolute Gasteiger partial charge is 0.254 e. The van der Waals surface area contributed by atoms with Gasteiger partial charge in [-0.15, -0.1) is 0 Å². The number of carbonyl (C=O) groups excluding carboxylic acids is 1. The van der Waals surface area contributed by atoms with Crippen LogP contribution in [-0.2, 0) is 6.61 Å². The van der Waals surface area contributed by atoms with Crippen LogP contribution in [0.15, 0.2) is 24.3 Å². The molecule has 1 aliphatic heterocycles. The minimum absolute atomic E-state index is 0.0599. The van der Waals surface area contributed by atoms with E-state index in [1.807, 2.05) is 0 Å². The average Bonchev–Trinajstić information content (AvgIpc) is 2.69. The van der Waals surface area contributed by atoms with Crippen LogP contribution in [0.4, 0.5) is 0 Å². The first-order valence-electron chi connectivity index (χ1n) is 5.47. The largest absolute Gasteiger partial charge is 0.392 e. The standard InChI is InChI=1S/C12H15NO4/c14-7-8-1-3-9(4-2-8)12(17)13-5-10(15)11(16)6-13/h1-4,10-11,14-16H,5-7H2. The highest BCUT2D eigenvalue weighted by atomic mass is 16.3. The third-order valence-corrected chi connectivity index (χ3v) is 2.93. The van der Waals surface area contributed by atoms with Gasteiger partial charge in [-0.05, 0) is 17.7 Å². The number of carbonyl (C=O) groups is 1. The second-order valence-electron chi connectivity index (χ2n) is 4.20. The Morgan fingerprint density at radius 1 is 1.18 bits per heavy atom. The highest BCUT2D eigenvalue weighted by molar-refractivity contribution is 5.94. The number of β-amino-alcohol motifs (C(OH)–C–C–N with tert-alkyl or cyclic N) is 2. The van der Waals surface area contributed by atoms with E-state index in [-0.39, 0.29) is 25.6 Å². The Hall–Kier alpha value is -1.43. The Morgan fingerprint density at radius 2 is 1.71 bits per heavy atom. The van der Waals surface area contributed by atoms with Crippen LogP contribution in [0.5, 0.6) is 0 Å². The molecule has 1 saturated heterocycles. The van der Waals surface area contributed by atoms with Gasteiger partial charge in [0.2, 0.25) is 0 Å². The van der Waals surface area contributed by atoms with Gasteiger partial charge in [0.1, 0.15) is 0 Å². The molecule has 0 spiro atoms. The first kappa shape index (κ1) is 12.0. The third-order valence-electron chi connectivity index (χ3n) is 2.93. The quantitative estimate of drug-likeness (QED) is 0.639. The molecule has 1 aromatic carbocycles. The van der Waals surface area contributed by atoms with Gasteiger partial charge in [0, 0.05) is 18.7 Å². The van der Waals surface area contributed by atoms with E-state index in [4.69, 9.17) is 5.11 Å². The van der Waals surface area contributed by atoms with Crippen molar-refractivity contribution in [2.45, 2.75) is 18.8 Å². The number of hydrogen-bond acceptors (Lipinski definition) is 4. The van der Waals surface area contributed by atoms with Crippen LogP contribution < -0.4 is 0 Å². The zero-order valence-electron chi connectivity index (χ0n) is 9.28. The summed E-state index contributed by atoms with van der Waals surface area (Å²) < 4.78 is 0. The van der Waals surface area contributed by atoms with Crippen LogP contribution in [0.25, 0.3) is 0 Å². The van der Waals surface area contributed by atoms with Crippen molar-refractivity contribution >= 4 is 5.91 Å². The molecule has 1 heterocycles. The summed E-state index contributed by atoms with van der Waals surface area (Å²) in [6, 6.07) is 6.61. The van der Waals surface area contributed by atoms with Crippen molar-refractivity contribution in [2.24, 2.45) is 0 Å². The van der Waals surface area contributed by atoms with Crippen LogP contribution in [0.1, 0.15) is 15.9 Å². The fraction of sp³-hybridized carbons (Fsp3) is 0.417. The molecule has 1 aliphatic rings. The minimum atomic E-state index is -0.865. The molecule has 2 unspecified atom stereocenters. The molecule has 1 aromatic rings. The zero-order chi connectivity index (χ0) is 12.4. The van der Waals surface area contributed by atoms with E-state index in [2.05, 4.69) is 0 Å². The van der Waals surface area contributed by atoms with Crippen molar-refractivity contribution in [3.8, 4) is 0 Å². The summed E-state index contributed by atoms with van der Waals surface area (Å²) in [6.45, 7) is 0.249. The summed E-state index contributed by atoms with van der Waals surface area (Å²) in [5, 5.41) is 27.6. The second kappa shape index (κ2) is 4.83. The van der Waals surface area contributed by atoms with E-state index in [0.717, 1.165) is 5.56 Å². The lowest BCUT2D eigenvalue weighted by atomic mass is 10.1. The van der Waals surface area contributed by atoms with E-state index in [0.29, 0.717) is 5.56 Å². The first-order chi connectivity index (χ1) is 8.11. The van der Waals surface area contributed by atoms with Crippen LogP contribution in [0.2, 0.25) is 0 Å². The maximum atomic E-state index is 12.0. The predicted molar refractivity (Wildman–Crippen MR) is 60.3 cm³/mol. The molecular weight excluding hydrogens is 222 g/mol. The van der Waals surface area contributed by atoms with Crippen molar-refractivity contribution < 1.29 is 20.1 Å². The topological polar surface area (TPSA) is 81.0 Å². The van der Waals surface area contributed by atoms with Gasteiger partial charge < -0.3 is 20.2 Å². The van der Waals surface area contributed by atoms with Gasteiger partial charge in [-0.25, -0.2) is 0 Å². The van der Waals surface area contributed by atoms with Gasteiger partial charge >= 0.3 is 0 Å². The Bertz CT molecular complexity index is 393. The number of aliphatic hydroxyl groups is 3. The lowest BCUT2D eigenvalue weighted by Gasteiger charge is -2.15. The number of amides is 1. The summed E-state index contributed by atoms with van der Waals surface area (Å²) in [5.41, 5.74) is 1.23. The number of benzene rings is 1. The van der Waals surface area contributed by atoms with E-state index in [1.54, 1.807) is 24.3 Å². The molecule has 0 bridgehead atoms. The van der Waals surface area contributed by atoms with Crippen molar-refractivity contribution in [1.29, 1.82) is 0 Å². The molecule has 92 valence electrons. The molecule has 5 heteroatoms. The van der Waals surface area contributed by atoms with E-state index in [9.17, 15) is 15.0 Å². The Kier molecular flexibility index (Phi) is 3.42. The summed E-state index contributed by atoms with van der Waals surface area (Å²) in [6.07, 6.45) is -1.73. The molecule has 5 nitrogen and oxygen atoms in total. The minimum Gasteiger partial charge on any atom is -0.392 e. The molecule has 0 radical (unpaired) electrons. The van der Waals surface area contributed by atoms with E-state index < -0.39 is 12.2 Å². The normalized spacial score (nSPS) is 24.1. The van der Waals surface area contributed by atoms with Crippen molar-refractivity contribution in [3.63, 3.8) is 0 Å². The van der Waals surface area contributed by atoms with Crippen LogP contribution in [-0.4, -0.2) is 51.4 Å². The van der Waals surface area contributed by atoms with Crippen LogP contribution >= 0.6 is 0 Å². The van der Waals surface area contributed by atoms with Crippen molar-refractivity contribution in [1.82, 2.24) is 4.90 Å². The molecule has 0 aliphatic carbocycles. The Balaban J connectivity index is 2.09. The molecule has 0 aromatic heterocycles. The number of likely N-dealkylation sites (tertiary alicyclic amines) is 1. The summed E-state index contributed by atoms with van der Waals surface area (Å²) >= 11 is 0. The fourth-order valence-corrected chi connectivity index (χ4v) is 1.87. The van der Waals surface area contributed by atoms with Crippen LogP contribution in [0.3, 0.4) is 0 Å². The summed E-state index contributed by atoms with van der Waals surface area (Å²) in [5.74, 6) is -0.218. The van der Waals surface area contributed by atoms with E-state index >= 15 is 0 Å². The van der Waals surface area contributed by atoms with Gasteiger partial charge in [-0.3, -0.25) is 4.79 Å². The third kappa shape index (κ3) is 2.46. The molecule has 1 amide bonds. The molecule has 2 atom stereocenters. The molecule has 3 N–H and O–H groups in total.